The lowest BCUT2D eigenvalue weighted by atomic mass is 9.93. The lowest BCUT2D eigenvalue weighted by Crippen LogP contribution is -2.42. The van der Waals surface area contributed by atoms with Gasteiger partial charge in [0.05, 0.1) is 0 Å². The van der Waals surface area contributed by atoms with E-state index in [1.165, 1.54) is 12.1 Å². The molecule has 1 fully saturated rings. The first-order valence-corrected chi connectivity index (χ1v) is 10.2. The van der Waals surface area contributed by atoms with Gasteiger partial charge < -0.3 is 15.5 Å². The van der Waals surface area contributed by atoms with Crippen molar-refractivity contribution in [3.63, 3.8) is 0 Å². The van der Waals surface area contributed by atoms with E-state index in [0.29, 0.717) is 26.1 Å². The van der Waals surface area contributed by atoms with Gasteiger partial charge in [-0.2, -0.15) is 0 Å². The topological polar surface area (TPSA) is 61.4 Å². The number of carbonyl (C=O) groups excluding carboxylic acids is 2. The van der Waals surface area contributed by atoms with Crippen LogP contribution in [0, 0.1) is 11.7 Å². The quantitative estimate of drug-likeness (QED) is 0.762. The van der Waals surface area contributed by atoms with E-state index in [9.17, 15) is 14.0 Å². The van der Waals surface area contributed by atoms with E-state index in [1.807, 2.05) is 29.2 Å². The molecule has 0 unspecified atom stereocenters. The van der Waals surface area contributed by atoms with Crippen LogP contribution in [0.5, 0.6) is 0 Å². The van der Waals surface area contributed by atoms with Crippen LogP contribution < -0.4 is 10.6 Å². The fourth-order valence-corrected chi connectivity index (χ4v) is 3.62. The molecule has 0 bridgehead atoms. The van der Waals surface area contributed by atoms with Gasteiger partial charge in [-0.15, -0.1) is 0 Å². The van der Waals surface area contributed by atoms with Crippen molar-refractivity contribution in [2.75, 3.05) is 18.4 Å². The largest absolute Gasteiger partial charge is 0.352 e. The summed E-state index contributed by atoms with van der Waals surface area (Å²) in [5.41, 5.74) is 2.86. The number of hydrogen-bond donors (Lipinski definition) is 2. The Balaban J connectivity index is 1.41. The number of urea groups is 1. The van der Waals surface area contributed by atoms with Gasteiger partial charge in [0, 0.05) is 31.7 Å². The molecule has 1 aliphatic heterocycles. The molecule has 0 spiro atoms. The number of nitrogens with one attached hydrogen (secondary N) is 2. The molecular weight excluding hydrogens is 369 g/mol. The number of halogens is 1. The number of benzene rings is 2. The van der Waals surface area contributed by atoms with Crippen molar-refractivity contribution in [2.24, 2.45) is 5.92 Å². The first-order valence-electron chi connectivity index (χ1n) is 10.2. The molecule has 5 nitrogen and oxygen atoms in total. The van der Waals surface area contributed by atoms with Crippen LogP contribution in [0.4, 0.5) is 14.9 Å². The summed E-state index contributed by atoms with van der Waals surface area (Å²) in [4.78, 5) is 26.6. The van der Waals surface area contributed by atoms with Gasteiger partial charge in [0.1, 0.15) is 5.82 Å². The number of carbonyl (C=O) groups is 2. The molecular formula is C23H28FN3O2. The summed E-state index contributed by atoms with van der Waals surface area (Å²) in [5, 5.41) is 5.90. The predicted octanol–water partition coefficient (Wildman–Crippen LogP) is 4.34. The van der Waals surface area contributed by atoms with Gasteiger partial charge in [0.25, 0.3) is 0 Å². The second kappa shape index (κ2) is 10.0. The molecule has 3 amide bonds. The SMILES string of the molecule is CCc1ccccc1NC(=O)N1CCC(CC(=O)NCc2ccc(F)cc2)CC1. The first-order chi connectivity index (χ1) is 14.0. The molecule has 3 rings (SSSR count). The van der Waals surface area contributed by atoms with E-state index in [-0.39, 0.29) is 23.7 Å². The van der Waals surface area contributed by atoms with Crippen LogP contribution in [0.25, 0.3) is 0 Å². The minimum Gasteiger partial charge on any atom is -0.352 e. The van der Waals surface area contributed by atoms with Gasteiger partial charge in [-0.05, 0) is 54.5 Å². The zero-order chi connectivity index (χ0) is 20.6. The van der Waals surface area contributed by atoms with Crippen molar-refractivity contribution in [1.29, 1.82) is 0 Å². The highest BCUT2D eigenvalue weighted by Crippen LogP contribution is 2.22. The lowest BCUT2D eigenvalue weighted by molar-refractivity contribution is -0.122. The van der Waals surface area contributed by atoms with Gasteiger partial charge >= 0.3 is 6.03 Å². The van der Waals surface area contributed by atoms with Gasteiger partial charge in [-0.3, -0.25) is 4.79 Å². The smallest absolute Gasteiger partial charge is 0.321 e. The number of nitrogens with zero attached hydrogens (tertiary/aromatic N) is 1. The van der Waals surface area contributed by atoms with Crippen LogP contribution in [-0.2, 0) is 17.8 Å². The second-order valence-corrected chi connectivity index (χ2v) is 7.48. The molecule has 0 aliphatic carbocycles. The normalized spacial score (nSPS) is 14.5. The Morgan fingerprint density at radius 1 is 1.07 bits per heavy atom. The molecule has 29 heavy (non-hydrogen) atoms. The van der Waals surface area contributed by atoms with Crippen molar-refractivity contribution in [1.82, 2.24) is 10.2 Å². The molecule has 2 aromatic carbocycles. The Hall–Kier alpha value is -2.89. The van der Waals surface area contributed by atoms with E-state index in [4.69, 9.17) is 0 Å². The average Bonchev–Trinajstić information content (AvgIpc) is 2.74. The highest BCUT2D eigenvalue weighted by Gasteiger charge is 2.24. The van der Waals surface area contributed by atoms with E-state index >= 15 is 0 Å². The molecule has 2 aromatic rings. The summed E-state index contributed by atoms with van der Waals surface area (Å²) in [5.74, 6) is -0.0154. The van der Waals surface area contributed by atoms with Crippen LogP contribution in [0.2, 0.25) is 0 Å². The van der Waals surface area contributed by atoms with Crippen molar-refractivity contribution in [3.8, 4) is 0 Å². The maximum Gasteiger partial charge on any atom is 0.321 e. The Morgan fingerprint density at radius 2 is 1.76 bits per heavy atom. The van der Waals surface area contributed by atoms with Crippen molar-refractivity contribution in [2.45, 2.75) is 39.2 Å². The lowest BCUT2D eigenvalue weighted by Gasteiger charge is -2.32. The summed E-state index contributed by atoms with van der Waals surface area (Å²) in [7, 11) is 0. The number of rotatable bonds is 6. The Labute approximate surface area is 171 Å². The summed E-state index contributed by atoms with van der Waals surface area (Å²) < 4.78 is 12.9. The number of aryl methyl sites for hydroxylation is 1. The first kappa shape index (κ1) is 20.8. The number of anilines is 1. The average molecular weight is 397 g/mol. The van der Waals surface area contributed by atoms with Gasteiger partial charge in [-0.1, -0.05) is 37.3 Å². The molecule has 0 atom stereocenters. The molecule has 6 heteroatoms. The number of amides is 3. The van der Waals surface area contributed by atoms with Crippen LogP contribution in [0.3, 0.4) is 0 Å². The van der Waals surface area contributed by atoms with Crippen molar-refractivity contribution >= 4 is 17.6 Å². The van der Waals surface area contributed by atoms with Gasteiger partial charge in [0.2, 0.25) is 5.91 Å². The third-order valence-electron chi connectivity index (χ3n) is 5.42. The highest BCUT2D eigenvalue weighted by molar-refractivity contribution is 5.90. The molecule has 1 saturated heterocycles. The number of piperidine rings is 1. The highest BCUT2D eigenvalue weighted by atomic mass is 19.1. The van der Waals surface area contributed by atoms with Crippen LogP contribution in [-0.4, -0.2) is 29.9 Å². The maximum atomic E-state index is 12.9. The summed E-state index contributed by atoms with van der Waals surface area (Å²) >= 11 is 0. The molecule has 1 heterocycles. The van der Waals surface area contributed by atoms with Crippen LogP contribution in [0.1, 0.15) is 37.3 Å². The third kappa shape index (κ3) is 6.04. The molecule has 0 radical (unpaired) electrons. The van der Waals surface area contributed by atoms with E-state index in [2.05, 4.69) is 17.6 Å². The summed E-state index contributed by atoms with van der Waals surface area (Å²) in [6.45, 7) is 3.76. The monoisotopic (exact) mass is 397 g/mol. The van der Waals surface area contributed by atoms with Crippen LogP contribution in [0.15, 0.2) is 48.5 Å². The van der Waals surface area contributed by atoms with E-state index in [1.54, 1.807) is 12.1 Å². The summed E-state index contributed by atoms with van der Waals surface area (Å²) in [6, 6.07) is 13.9. The zero-order valence-corrected chi connectivity index (χ0v) is 16.8. The Bertz CT molecular complexity index is 830. The fraction of sp³-hybridized carbons (Fsp3) is 0.391. The van der Waals surface area contributed by atoms with Crippen molar-refractivity contribution < 1.29 is 14.0 Å². The third-order valence-corrected chi connectivity index (χ3v) is 5.42. The number of likely N-dealkylation sites (tertiary alicyclic amines) is 1. The Kier molecular flexibility index (Phi) is 7.22. The maximum absolute atomic E-state index is 12.9. The van der Waals surface area contributed by atoms with Gasteiger partial charge in [0.15, 0.2) is 0 Å². The second-order valence-electron chi connectivity index (χ2n) is 7.48. The van der Waals surface area contributed by atoms with E-state index < -0.39 is 0 Å². The molecule has 2 N–H and O–H groups in total. The van der Waals surface area contributed by atoms with Crippen LogP contribution >= 0.6 is 0 Å². The molecule has 0 aromatic heterocycles. The number of hydrogen-bond acceptors (Lipinski definition) is 2. The minimum atomic E-state index is -0.283. The minimum absolute atomic E-state index is 0.00546. The zero-order valence-electron chi connectivity index (χ0n) is 16.8. The molecule has 0 saturated carbocycles. The van der Waals surface area contributed by atoms with Gasteiger partial charge in [-0.25, -0.2) is 9.18 Å². The van der Waals surface area contributed by atoms with E-state index in [0.717, 1.165) is 36.1 Å². The molecule has 1 aliphatic rings. The Morgan fingerprint density at radius 3 is 2.45 bits per heavy atom. The van der Waals surface area contributed by atoms with Crippen molar-refractivity contribution in [3.05, 3.63) is 65.5 Å². The standard InChI is InChI=1S/C23H28FN3O2/c1-2-19-5-3-4-6-21(19)26-23(29)27-13-11-17(12-14-27)15-22(28)25-16-18-7-9-20(24)10-8-18/h3-10,17H,2,11-16H2,1H3,(H,25,28)(H,26,29). The predicted molar refractivity (Wildman–Crippen MR) is 112 cm³/mol. The summed E-state index contributed by atoms with van der Waals surface area (Å²) in [6.07, 6.45) is 2.94. The fourth-order valence-electron chi connectivity index (χ4n) is 3.62. The number of para-hydroxylation sites is 1. The molecule has 154 valence electrons.